The highest BCUT2D eigenvalue weighted by atomic mass is 16.6. The minimum Gasteiger partial charge on any atom is -0.436 e. The highest BCUT2D eigenvalue weighted by Gasteiger charge is 2.26. The van der Waals surface area contributed by atoms with Crippen molar-refractivity contribution >= 4 is 5.97 Å². The molecule has 0 radical (unpaired) electrons. The molecule has 0 aromatic heterocycles. The molecule has 3 nitrogen and oxygen atoms in total. The van der Waals surface area contributed by atoms with Gasteiger partial charge in [-0.1, -0.05) is 48.5 Å². The summed E-state index contributed by atoms with van der Waals surface area (Å²) in [6.45, 7) is 1.67. The highest BCUT2D eigenvalue weighted by molar-refractivity contribution is 5.89. The molecule has 2 aromatic rings. The number of carbonyl (C=O) groups is 1. The third kappa shape index (κ3) is 2.76. The van der Waals surface area contributed by atoms with E-state index in [1.54, 1.807) is 31.2 Å². The Morgan fingerprint density at radius 1 is 1.00 bits per heavy atom. The molecule has 0 saturated carbocycles. The van der Waals surface area contributed by atoms with E-state index < -0.39 is 11.7 Å². The maximum Gasteiger partial charge on any atom is 0.340 e. The predicted octanol–water partition coefficient (Wildman–Crippen LogP) is 2.68. The Morgan fingerprint density at radius 3 is 2.06 bits per heavy atom. The van der Waals surface area contributed by atoms with E-state index in [4.69, 9.17) is 10.5 Å². The number of esters is 1. The second kappa shape index (κ2) is 5.02. The first kappa shape index (κ1) is 12.3. The van der Waals surface area contributed by atoms with Crippen LogP contribution in [-0.2, 0) is 10.5 Å². The molecule has 0 fully saturated rings. The van der Waals surface area contributed by atoms with Crippen LogP contribution in [0.2, 0.25) is 0 Å². The molecular formula is C15H15NO2. The monoisotopic (exact) mass is 241 g/mol. The lowest BCUT2D eigenvalue weighted by Crippen LogP contribution is -2.38. The molecule has 2 aromatic carbocycles. The number of carbonyl (C=O) groups excluding carboxylic acids is 1. The van der Waals surface area contributed by atoms with Gasteiger partial charge >= 0.3 is 5.97 Å². The fourth-order valence-corrected chi connectivity index (χ4v) is 1.65. The lowest BCUT2D eigenvalue weighted by Gasteiger charge is -2.25. The Morgan fingerprint density at radius 2 is 1.50 bits per heavy atom. The van der Waals surface area contributed by atoms with Crippen LogP contribution < -0.4 is 5.73 Å². The first-order chi connectivity index (χ1) is 8.59. The van der Waals surface area contributed by atoms with Crippen molar-refractivity contribution in [2.45, 2.75) is 12.6 Å². The standard InChI is InChI=1S/C15H15NO2/c1-15(16,13-10-6-3-7-11-13)18-14(17)12-8-4-2-5-9-12/h2-11H,16H2,1H3. The van der Waals surface area contributed by atoms with Crippen molar-refractivity contribution < 1.29 is 9.53 Å². The lowest BCUT2D eigenvalue weighted by atomic mass is 10.1. The van der Waals surface area contributed by atoms with E-state index in [1.165, 1.54) is 0 Å². The van der Waals surface area contributed by atoms with Gasteiger partial charge < -0.3 is 4.74 Å². The molecule has 0 heterocycles. The van der Waals surface area contributed by atoms with E-state index >= 15 is 0 Å². The molecule has 0 spiro atoms. The predicted molar refractivity (Wildman–Crippen MR) is 69.8 cm³/mol. The molecule has 0 aliphatic heterocycles. The molecule has 0 saturated heterocycles. The molecule has 18 heavy (non-hydrogen) atoms. The minimum absolute atomic E-state index is 0.426. The van der Waals surface area contributed by atoms with Crippen LogP contribution in [-0.4, -0.2) is 5.97 Å². The molecule has 0 aliphatic rings. The molecule has 0 amide bonds. The van der Waals surface area contributed by atoms with Crippen molar-refractivity contribution in [3.05, 3.63) is 71.8 Å². The number of benzene rings is 2. The number of hydrogen-bond donors (Lipinski definition) is 1. The Bertz CT molecular complexity index is 521. The summed E-state index contributed by atoms with van der Waals surface area (Å²) in [7, 11) is 0. The van der Waals surface area contributed by atoms with Crippen molar-refractivity contribution in [2.75, 3.05) is 0 Å². The molecule has 2 rings (SSSR count). The van der Waals surface area contributed by atoms with Crippen LogP contribution in [0.25, 0.3) is 0 Å². The summed E-state index contributed by atoms with van der Waals surface area (Å²) >= 11 is 0. The van der Waals surface area contributed by atoms with Gasteiger partial charge in [0.1, 0.15) is 0 Å². The van der Waals surface area contributed by atoms with Crippen LogP contribution in [0.3, 0.4) is 0 Å². The maximum absolute atomic E-state index is 11.9. The van der Waals surface area contributed by atoms with Crippen molar-refractivity contribution in [3.8, 4) is 0 Å². The largest absolute Gasteiger partial charge is 0.436 e. The van der Waals surface area contributed by atoms with Gasteiger partial charge in [-0.2, -0.15) is 0 Å². The molecule has 0 aliphatic carbocycles. The molecule has 3 heteroatoms. The molecule has 2 N–H and O–H groups in total. The smallest absolute Gasteiger partial charge is 0.340 e. The van der Waals surface area contributed by atoms with Gasteiger partial charge in [0.25, 0.3) is 0 Å². The summed E-state index contributed by atoms with van der Waals surface area (Å²) in [5.74, 6) is -0.426. The van der Waals surface area contributed by atoms with E-state index in [0.29, 0.717) is 5.56 Å². The summed E-state index contributed by atoms with van der Waals surface area (Å²) < 4.78 is 5.35. The molecule has 0 bridgehead atoms. The average molecular weight is 241 g/mol. The Labute approximate surface area is 106 Å². The van der Waals surface area contributed by atoms with Gasteiger partial charge in [-0.05, 0) is 19.1 Å². The summed E-state index contributed by atoms with van der Waals surface area (Å²) in [5.41, 5.74) is 6.15. The third-order valence-corrected chi connectivity index (χ3v) is 2.66. The van der Waals surface area contributed by atoms with E-state index in [9.17, 15) is 4.79 Å². The van der Waals surface area contributed by atoms with Crippen LogP contribution in [0.1, 0.15) is 22.8 Å². The van der Waals surface area contributed by atoms with Crippen molar-refractivity contribution in [1.82, 2.24) is 0 Å². The van der Waals surface area contributed by atoms with Gasteiger partial charge in [0.05, 0.1) is 5.56 Å². The fraction of sp³-hybridized carbons (Fsp3) is 0.133. The third-order valence-electron chi connectivity index (χ3n) is 2.66. The zero-order valence-corrected chi connectivity index (χ0v) is 10.2. The van der Waals surface area contributed by atoms with Crippen LogP contribution in [0.5, 0.6) is 0 Å². The van der Waals surface area contributed by atoms with Gasteiger partial charge in [0.15, 0.2) is 5.72 Å². The van der Waals surface area contributed by atoms with E-state index in [0.717, 1.165) is 5.56 Å². The van der Waals surface area contributed by atoms with Crippen LogP contribution in [0, 0.1) is 0 Å². The molecular weight excluding hydrogens is 226 g/mol. The second-order valence-electron chi connectivity index (χ2n) is 4.23. The molecule has 1 atom stereocenters. The molecule has 1 unspecified atom stereocenters. The fourth-order valence-electron chi connectivity index (χ4n) is 1.65. The number of rotatable bonds is 3. The Kier molecular flexibility index (Phi) is 3.44. The van der Waals surface area contributed by atoms with Gasteiger partial charge in [0, 0.05) is 5.56 Å². The second-order valence-corrected chi connectivity index (χ2v) is 4.23. The lowest BCUT2D eigenvalue weighted by molar-refractivity contribution is -0.00905. The average Bonchev–Trinajstić information content (AvgIpc) is 2.40. The van der Waals surface area contributed by atoms with Gasteiger partial charge in [-0.3, -0.25) is 5.73 Å². The van der Waals surface area contributed by atoms with E-state index in [1.807, 2.05) is 36.4 Å². The SMILES string of the molecule is CC(N)(OC(=O)c1ccccc1)c1ccccc1. The van der Waals surface area contributed by atoms with Gasteiger partial charge in [-0.25, -0.2) is 4.79 Å². The number of ether oxygens (including phenoxy) is 1. The van der Waals surface area contributed by atoms with Crippen LogP contribution >= 0.6 is 0 Å². The number of hydrogen-bond acceptors (Lipinski definition) is 3. The zero-order chi connectivity index (χ0) is 13.0. The van der Waals surface area contributed by atoms with Gasteiger partial charge in [-0.15, -0.1) is 0 Å². The van der Waals surface area contributed by atoms with E-state index in [2.05, 4.69) is 0 Å². The summed E-state index contributed by atoms with van der Waals surface area (Å²) in [5, 5.41) is 0. The molecule has 92 valence electrons. The maximum atomic E-state index is 11.9. The van der Waals surface area contributed by atoms with Crippen molar-refractivity contribution in [1.29, 1.82) is 0 Å². The van der Waals surface area contributed by atoms with Crippen molar-refractivity contribution in [3.63, 3.8) is 0 Å². The van der Waals surface area contributed by atoms with Gasteiger partial charge in [0.2, 0.25) is 0 Å². The highest BCUT2D eigenvalue weighted by Crippen LogP contribution is 2.20. The quantitative estimate of drug-likeness (QED) is 0.664. The topological polar surface area (TPSA) is 52.3 Å². The first-order valence-corrected chi connectivity index (χ1v) is 5.72. The van der Waals surface area contributed by atoms with E-state index in [-0.39, 0.29) is 0 Å². The minimum atomic E-state index is -1.13. The first-order valence-electron chi connectivity index (χ1n) is 5.72. The number of nitrogens with two attached hydrogens (primary N) is 1. The van der Waals surface area contributed by atoms with Crippen LogP contribution in [0.4, 0.5) is 0 Å². The summed E-state index contributed by atoms with van der Waals surface area (Å²) in [6.07, 6.45) is 0. The Balaban J connectivity index is 2.17. The normalized spacial score (nSPS) is 13.7. The van der Waals surface area contributed by atoms with Crippen LogP contribution in [0.15, 0.2) is 60.7 Å². The zero-order valence-electron chi connectivity index (χ0n) is 10.2. The summed E-state index contributed by atoms with van der Waals surface area (Å²) in [6, 6.07) is 18.1. The van der Waals surface area contributed by atoms with Crippen molar-refractivity contribution in [2.24, 2.45) is 5.73 Å². The summed E-state index contributed by atoms with van der Waals surface area (Å²) in [4.78, 5) is 11.9. The Hall–Kier alpha value is -2.13.